The summed E-state index contributed by atoms with van der Waals surface area (Å²) in [6.07, 6.45) is 10.2. The van der Waals surface area contributed by atoms with Gasteiger partial charge in [0.15, 0.2) is 0 Å². The molecule has 6 nitrogen and oxygen atoms in total. The molecule has 10 heteroatoms. The normalized spacial score (nSPS) is 13.7. The molecule has 0 fully saturated rings. The Morgan fingerprint density at radius 2 is 1.68 bits per heavy atom. The number of aromatic nitrogens is 2. The Labute approximate surface area is 261 Å². The van der Waals surface area contributed by atoms with Gasteiger partial charge in [-0.15, -0.1) is 12.8 Å². The van der Waals surface area contributed by atoms with E-state index in [4.69, 9.17) is 4.74 Å². The minimum absolute atomic E-state index is 0.158. The Kier molecular flexibility index (Phi) is 12.3. The molecular formula is C34H31F3N4O2V. The van der Waals surface area contributed by atoms with Crippen molar-refractivity contribution in [1.82, 2.24) is 15.3 Å². The molecule has 1 aliphatic heterocycles. The summed E-state index contributed by atoms with van der Waals surface area (Å²) in [6, 6.07) is 16.5. The molecule has 225 valence electrons. The first-order chi connectivity index (χ1) is 21.1. The first-order valence-corrected chi connectivity index (χ1v) is 14.7. The molecule has 0 saturated heterocycles. The second kappa shape index (κ2) is 15.9. The number of nitrogens with zero attached hydrogens (tertiary/aromatic N) is 2. The van der Waals surface area contributed by atoms with E-state index in [0.29, 0.717) is 31.6 Å². The van der Waals surface area contributed by atoms with E-state index in [1.165, 1.54) is 25.4 Å². The number of carbonyl (C=O) groups excluding carboxylic acids is 1. The Morgan fingerprint density at radius 3 is 2.27 bits per heavy atom. The molecule has 0 spiro atoms. The van der Waals surface area contributed by atoms with Crippen molar-refractivity contribution in [3.63, 3.8) is 0 Å². The van der Waals surface area contributed by atoms with Gasteiger partial charge in [0.1, 0.15) is 0 Å². The number of terminal acetylenes is 1. The van der Waals surface area contributed by atoms with E-state index in [2.05, 4.69) is 46.6 Å². The van der Waals surface area contributed by atoms with Gasteiger partial charge in [-0.25, -0.2) is 0 Å². The third-order valence-corrected chi connectivity index (χ3v) is 7.78. The number of hydrogen-bond donors (Lipinski definition) is 2. The van der Waals surface area contributed by atoms with Crippen molar-refractivity contribution >= 4 is 37.8 Å². The number of halogens is 3. The number of para-hydroxylation sites is 1. The molecule has 0 saturated carbocycles. The van der Waals surface area contributed by atoms with Crippen molar-refractivity contribution in [1.29, 1.82) is 0 Å². The number of nitrogens with one attached hydrogen (secondary N) is 2. The summed E-state index contributed by atoms with van der Waals surface area (Å²) in [6.45, 7) is 10.9. The van der Waals surface area contributed by atoms with E-state index in [1.54, 1.807) is 6.92 Å². The molecule has 44 heavy (non-hydrogen) atoms. The van der Waals surface area contributed by atoms with Crippen molar-refractivity contribution < 1.29 is 38.1 Å². The number of hydrogen-bond acceptors (Lipinski definition) is 5. The van der Waals surface area contributed by atoms with E-state index in [0.717, 1.165) is 28.9 Å². The third kappa shape index (κ3) is 9.02. The molecule has 2 aromatic carbocycles. The molecule has 2 N–H and O–H groups in total. The Balaban J connectivity index is 0.00000259. The number of allylic oxidation sites excluding steroid dienone is 3. The van der Waals surface area contributed by atoms with E-state index < -0.39 is 33.2 Å². The summed E-state index contributed by atoms with van der Waals surface area (Å²) in [5, 5.41) is 6.05. The Hall–Kier alpha value is -4.46. The fourth-order valence-electron chi connectivity index (χ4n) is 4.04. The van der Waals surface area contributed by atoms with Crippen molar-refractivity contribution in [2.24, 2.45) is 0 Å². The molecule has 2 heterocycles. The van der Waals surface area contributed by atoms with Crippen LogP contribution in [0.1, 0.15) is 42.8 Å². The fraction of sp³-hybridized carbons (Fsp3) is 0.147. The van der Waals surface area contributed by atoms with Gasteiger partial charge in [0.25, 0.3) is 0 Å². The number of ether oxygens (including phenoxy) is 1. The molecule has 3 aromatic rings. The molecule has 4 rings (SSSR count). The summed E-state index contributed by atoms with van der Waals surface area (Å²) < 4.78 is 47.5. The first kappa shape index (κ1) is 34.0. The average Bonchev–Trinajstić information content (AvgIpc) is 3.02. The van der Waals surface area contributed by atoms with E-state index in [1.807, 2.05) is 54.6 Å². The van der Waals surface area contributed by atoms with Crippen LogP contribution in [0.2, 0.25) is 0 Å². The Bertz CT molecular complexity index is 1670. The monoisotopic (exact) mass is 635 g/mol. The summed E-state index contributed by atoms with van der Waals surface area (Å²) in [5.41, 5.74) is 3.23. The van der Waals surface area contributed by atoms with Gasteiger partial charge >= 0.3 is 249 Å². The summed E-state index contributed by atoms with van der Waals surface area (Å²) in [4.78, 5) is 21.3. The minimum atomic E-state index is -4.51. The number of alkyl halides is 3. The number of rotatable bonds is 11. The maximum absolute atomic E-state index is 13.5. The van der Waals surface area contributed by atoms with E-state index >= 15 is 0 Å². The maximum atomic E-state index is 13.5. The number of amides is 1. The second-order valence-electron chi connectivity index (χ2n) is 9.28. The zero-order chi connectivity index (χ0) is 32.3. The topological polar surface area (TPSA) is 76.1 Å². The molecule has 1 unspecified atom stereocenters. The third-order valence-electron chi connectivity index (χ3n) is 6.34. The predicted molar refractivity (Wildman–Crippen MR) is 168 cm³/mol. The molecule has 1 aromatic heterocycles. The van der Waals surface area contributed by atoms with Crippen molar-refractivity contribution in [3.8, 4) is 12.8 Å². The second-order valence-corrected chi connectivity index (χ2v) is 11.0. The van der Waals surface area contributed by atoms with Crippen LogP contribution in [-0.4, -0.2) is 37.0 Å². The van der Waals surface area contributed by atoms with Crippen LogP contribution in [-0.2, 0) is 24.9 Å². The van der Waals surface area contributed by atoms with Gasteiger partial charge in [0.05, 0.1) is 0 Å². The van der Waals surface area contributed by atoms with Crippen LogP contribution in [0.3, 0.4) is 0 Å². The predicted octanol–water partition coefficient (Wildman–Crippen LogP) is 6.66. The zero-order valence-electron chi connectivity index (χ0n) is 24.2. The van der Waals surface area contributed by atoms with Crippen LogP contribution in [0.5, 0.6) is 0 Å². The van der Waals surface area contributed by atoms with Crippen LogP contribution in [0.15, 0.2) is 97.9 Å². The average molecular weight is 636 g/mol. The van der Waals surface area contributed by atoms with Gasteiger partial charge in [-0.1, -0.05) is 0 Å². The van der Waals surface area contributed by atoms with Crippen molar-refractivity contribution in [2.45, 2.75) is 32.5 Å². The molecule has 0 bridgehead atoms. The van der Waals surface area contributed by atoms with Crippen LogP contribution < -0.4 is 10.6 Å². The standard InChI is InChI=1S/C32H29F3N4O2.C2H2.V/c1-5-27(32(33,34)35)18-25(26-19-36-30(6-2)37-20-26)16-17-41-21-38-23(4)31(40)39-29-15-11-10-14-28(29)22(3)24-12-8-7-9-13-24;1-2;/h5-15,18-20,23,38H,2-3,16H2,1,4H3,(H,39,40);1-2H;/b25-18+,27-5+;;. The van der Waals surface area contributed by atoms with Crippen LogP contribution in [0.4, 0.5) is 18.9 Å². The summed E-state index contributed by atoms with van der Waals surface area (Å²) in [7, 11) is 0. The van der Waals surface area contributed by atoms with Crippen LogP contribution in [0, 0.1) is 12.8 Å². The molecule has 0 aliphatic carbocycles. The van der Waals surface area contributed by atoms with Gasteiger partial charge < -0.3 is 0 Å². The molecule has 0 radical (unpaired) electrons. The quantitative estimate of drug-likeness (QED) is 0.182. The van der Waals surface area contributed by atoms with Gasteiger partial charge in [-0.3, -0.25) is 0 Å². The number of benzene rings is 2. The van der Waals surface area contributed by atoms with Gasteiger partial charge in [-0.05, 0) is 0 Å². The summed E-state index contributed by atoms with van der Waals surface area (Å²) >= 11 is -0.627. The van der Waals surface area contributed by atoms with Crippen molar-refractivity contribution in [3.05, 3.63) is 120 Å². The van der Waals surface area contributed by atoms with Gasteiger partial charge in [-0.2, -0.15) is 0 Å². The van der Waals surface area contributed by atoms with Crippen LogP contribution in [0.25, 0.3) is 17.2 Å². The molecule has 1 atom stereocenters. The fourth-order valence-corrected chi connectivity index (χ4v) is 5.44. The van der Waals surface area contributed by atoms with E-state index in [9.17, 15) is 18.0 Å². The number of carbonyl (C=O) groups is 1. The zero-order valence-corrected chi connectivity index (χ0v) is 25.6. The van der Waals surface area contributed by atoms with Crippen molar-refractivity contribution in [2.75, 3.05) is 5.32 Å². The number of anilines is 1. The van der Waals surface area contributed by atoms with Gasteiger partial charge in [0.2, 0.25) is 0 Å². The molecular weight excluding hydrogens is 604 g/mol. The van der Waals surface area contributed by atoms with Gasteiger partial charge in [0, 0.05) is 0 Å². The van der Waals surface area contributed by atoms with E-state index in [-0.39, 0.29) is 12.3 Å². The Morgan fingerprint density at radius 1 is 1.07 bits per heavy atom. The first-order valence-electron chi connectivity index (χ1n) is 13.3. The SMILES string of the molecule is C#C.C=Cc1ncc(/C(=C/C(=C\C)C(F)(F)F)C[C]2=[V]=[C](NC(C)C(=O)Nc3ccccc3C(=C)c3ccccc3)O2)cn1. The molecule has 1 amide bonds. The summed E-state index contributed by atoms with van der Waals surface area (Å²) in [5.74, 6) is 0.107. The van der Waals surface area contributed by atoms with Crippen LogP contribution >= 0.6 is 0 Å². The molecule has 1 aliphatic rings.